The molecule has 5 nitrogen and oxygen atoms in total. The predicted octanol–water partition coefficient (Wildman–Crippen LogP) is 1.77. The Morgan fingerprint density at radius 2 is 2.11 bits per heavy atom. The summed E-state index contributed by atoms with van der Waals surface area (Å²) < 4.78 is 4.69. The summed E-state index contributed by atoms with van der Waals surface area (Å²) in [6.07, 6.45) is 0. The zero-order chi connectivity index (χ0) is 13.0. The highest BCUT2D eigenvalue weighted by Gasteiger charge is 2.35. The lowest BCUT2D eigenvalue weighted by atomic mass is 10.3. The number of hydrogen-bond donors (Lipinski definition) is 1. The summed E-state index contributed by atoms with van der Waals surface area (Å²) >= 11 is 1.54. The molecule has 2 amide bonds. The Kier molecular flexibility index (Phi) is 4.09. The number of carbonyl (C=O) groups excluding carboxylic acids is 2. The maximum absolute atomic E-state index is 12.0. The second kappa shape index (κ2) is 5.77. The van der Waals surface area contributed by atoms with Crippen LogP contribution in [0.25, 0.3) is 0 Å². The van der Waals surface area contributed by atoms with Crippen molar-refractivity contribution in [3.8, 4) is 0 Å². The first kappa shape index (κ1) is 12.8. The third kappa shape index (κ3) is 2.76. The Labute approximate surface area is 109 Å². The Bertz CT molecular complexity index is 438. The molecule has 0 saturated carbocycles. The maximum atomic E-state index is 12.0. The van der Waals surface area contributed by atoms with Crippen molar-refractivity contribution in [1.82, 2.24) is 4.90 Å². The number of benzene rings is 1. The molecule has 1 aliphatic rings. The first-order valence-corrected chi connectivity index (χ1v) is 6.66. The van der Waals surface area contributed by atoms with Crippen LogP contribution in [0.3, 0.4) is 0 Å². The third-order valence-corrected chi connectivity index (χ3v) is 3.65. The quantitative estimate of drug-likeness (QED) is 0.829. The van der Waals surface area contributed by atoms with Gasteiger partial charge in [0, 0.05) is 11.4 Å². The largest absolute Gasteiger partial charge is 0.467 e. The van der Waals surface area contributed by atoms with Crippen molar-refractivity contribution in [2.75, 3.05) is 24.1 Å². The van der Waals surface area contributed by atoms with Crippen molar-refractivity contribution in [3.05, 3.63) is 30.3 Å². The van der Waals surface area contributed by atoms with E-state index in [1.807, 2.05) is 18.2 Å². The second-order valence-electron chi connectivity index (χ2n) is 3.80. The number of anilines is 1. The molecule has 1 atom stereocenters. The molecule has 6 heteroatoms. The van der Waals surface area contributed by atoms with Crippen LogP contribution in [0.2, 0.25) is 0 Å². The summed E-state index contributed by atoms with van der Waals surface area (Å²) in [7, 11) is 1.33. The van der Waals surface area contributed by atoms with Gasteiger partial charge in [0.15, 0.2) is 0 Å². The van der Waals surface area contributed by atoms with Gasteiger partial charge >= 0.3 is 12.0 Å². The molecule has 1 aliphatic heterocycles. The van der Waals surface area contributed by atoms with Gasteiger partial charge in [0.25, 0.3) is 0 Å². The number of para-hydroxylation sites is 1. The number of carbonyl (C=O) groups is 2. The Hall–Kier alpha value is -1.69. The molecule has 0 spiro atoms. The van der Waals surface area contributed by atoms with Crippen LogP contribution in [0.4, 0.5) is 10.5 Å². The third-order valence-electron chi connectivity index (χ3n) is 2.64. The molecule has 0 bridgehead atoms. The molecule has 96 valence electrons. The van der Waals surface area contributed by atoms with E-state index in [1.165, 1.54) is 23.8 Å². The molecule has 2 rings (SSSR count). The topological polar surface area (TPSA) is 58.6 Å². The van der Waals surface area contributed by atoms with Crippen LogP contribution >= 0.6 is 11.8 Å². The number of rotatable bonds is 2. The molecule has 0 radical (unpaired) electrons. The van der Waals surface area contributed by atoms with Crippen LogP contribution < -0.4 is 5.32 Å². The molecule has 1 heterocycles. The Balaban J connectivity index is 2.02. The number of esters is 1. The first-order chi connectivity index (χ1) is 8.72. The molecule has 0 aliphatic carbocycles. The van der Waals surface area contributed by atoms with Gasteiger partial charge in [-0.2, -0.15) is 0 Å². The SMILES string of the molecule is COC(=O)C1CSCN1C(=O)Nc1ccccc1. The van der Waals surface area contributed by atoms with Gasteiger partial charge in [0.2, 0.25) is 0 Å². The minimum absolute atomic E-state index is 0.276. The van der Waals surface area contributed by atoms with Gasteiger partial charge in [-0.25, -0.2) is 9.59 Å². The van der Waals surface area contributed by atoms with Gasteiger partial charge in [-0.15, -0.1) is 11.8 Å². The van der Waals surface area contributed by atoms with Crippen LogP contribution in [-0.2, 0) is 9.53 Å². The standard InChI is InChI=1S/C12H14N2O3S/c1-17-11(15)10-7-18-8-14(10)12(16)13-9-5-3-2-4-6-9/h2-6,10H,7-8H2,1H3,(H,13,16). The molecule has 1 fully saturated rings. The molecule has 1 N–H and O–H groups in total. The van der Waals surface area contributed by atoms with Gasteiger partial charge in [0.1, 0.15) is 6.04 Å². The van der Waals surface area contributed by atoms with Crippen LogP contribution in [0.5, 0.6) is 0 Å². The van der Waals surface area contributed by atoms with E-state index in [0.717, 1.165) is 0 Å². The number of urea groups is 1. The predicted molar refractivity (Wildman–Crippen MR) is 70.4 cm³/mol. The number of hydrogen-bond acceptors (Lipinski definition) is 4. The van der Waals surface area contributed by atoms with Crippen molar-refractivity contribution in [3.63, 3.8) is 0 Å². The molecular formula is C12H14N2O3S. The van der Waals surface area contributed by atoms with Crippen molar-refractivity contribution >= 4 is 29.4 Å². The van der Waals surface area contributed by atoms with Crippen molar-refractivity contribution < 1.29 is 14.3 Å². The van der Waals surface area contributed by atoms with E-state index in [-0.39, 0.29) is 12.0 Å². The fourth-order valence-electron chi connectivity index (χ4n) is 1.69. The lowest BCUT2D eigenvalue weighted by molar-refractivity contribution is -0.144. The average Bonchev–Trinajstić information content (AvgIpc) is 2.88. The molecule has 1 unspecified atom stereocenters. The monoisotopic (exact) mass is 266 g/mol. The van der Waals surface area contributed by atoms with Gasteiger partial charge in [-0.1, -0.05) is 18.2 Å². The number of methoxy groups -OCH3 is 1. The van der Waals surface area contributed by atoms with Crippen molar-refractivity contribution in [2.24, 2.45) is 0 Å². The highest BCUT2D eigenvalue weighted by Crippen LogP contribution is 2.22. The molecular weight excluding hydrogens is 252 g/mol. The second-order valence-corrected chi connectivity index (χ2v) is 4.80. The van der Waals surface area contributed by atoms with Gasteiger partial charge in [0.05, 0.1) is 13.0 Å². The highest BCUT2D eigenvalue weighted by atomic mass is 32.2. The number of nitrogens with one attached hydrogen (secondary N) is 1. The van der Waals surface area contributed by atoms with Crippen molar-refractivity contribution in [1.29, 1.82) is 0 Å². The fourth-order valence-corrected chi connectivity index (χ4v) is 2.83. The summed E-state index contributed by atoms with van der Waals surface area (Å²) in [5.74, 6) is 0.705. The average molecular weight is 266 g/mol. The number of ether oxygens (including phenoxy) is 1. The lowest BCUT2D eigenvalue weighted by Gasteiger charge is -2.22. The van der Waals surface area contributed by atoms with E-state index in [9.17, 15) is 9.59 Å². The van der Waals surface area contributed by atoms with E-state index >= 15 is 0 Å². The normalized spacial score (nSPS) is 18.5. The fraction of sp³-hybridized carbons (Fsp3) is 0.333. The maximum Gasteiger partial charge on any atom is 0.329 e. The van der Waals surface area contributed by atoms with Crippen LogP contribution in [0.15, 0.2) is 30.3 Å². The van der Waals surface area contributed by atoms with Crippen LogP contribution in [0.1, 0.15) is 0 Å². The van der Waals surface area contributed by atoms with E-state index in [0.29, 0.717) is 17.3 Å². The van der Waals surface area contributed by atoms with Gasteiger partial charge in [-0.3, -0.25) is 0 Å². The molecule has 18 heavy (non-hydrogen) atoms. The van der Waals surface area contributed by atoms with Crippen LogP contribution in [-0.4, -0.2) is 41.7 Å². The van der Waals surface area contributed by atoms with E-state index < -0.39 is 6.04 Å². The molecule has 1 aromatic carbocycles. The van der Waals surface area contributed by atoms with E-state index in [1.54, 1.807) is 12.1 Å². The minimum atomic E-state index is -0.497. The number of thioether (sulfide) groups is 1. The van der Waals surface area contributed by atoms with Gasteiger partial charge < -0.3 is 15.0 Å². The zero-order valence-corrected chi connectivity index (χ0v) is 10.8. The van der Waals surface area contributed by atoms with Crippen LogP contribution in [0, 0.1) is 0 Å². The zero-order valence-electron chi connectivity index (χ0n) is 9.96. The summed E-state index contributed by atoms with van der Waals surface area (Å²) in [5, 5.41) is 2.76. The summed E-state index contributed by atoms with van der Waals surface area (Å²) in [5.41, 5.74) is 0.711. The smallest absolute Gasteiger partial charge is 0.329 e. The Morgan fingerprint density at radius 1 is 1.39 bits per heavy atom. The summed E-state index contributed by atoms with van der Waals surface area (Å²) in [4.78, 5) is 25.1. The summed E-state index contributed by atoms with van der Waals surface area (Å²) in [6.45, 7) is 0. The number of amides is 2. The highest BCUT2D eigenvalue weighted by molar-refractivity contribution is 7.99. The molecule has 1 aromatic rings. The van der Waals surface area contributed by atoms with E-state index in [2.05, 4.69) is 5.32 Å². The molecule has 1 saturated heterocycles. The first-order valence-electron chi connectivity index (χ1n) is 5.50. The Morgan fingerprint density at radius 3 is 2.78 bits per heavy atom. The lowest BCUT2D eigenvalue weighted by Crippen LogP contribution is -2.44. The number of nitrogens with zero attached hydrogens (tertiary/aromatic N) is 1. The molecule has 0 aromatic heterocycles. The van der Waals surface area contributed by atoms with E-state index in [4.69, 9.17) is 4.74 Å². The summed E-state index contributed by atoms with van der Waals surface area (Å²) in [6, 6.07) is 8.38. The van der Waals surface area contributed by atoms with Gasteiger partial charge in [-0.05, 0) is 12.1 Å². The minimum Gasteiger partial charge on any atom is -0.467 e. The van der Waals surface area contributed by atoms with Crippen molar-refractivity contribution in [2.45, 2.75) is 6.04 Å².